The number of nitrogens with zero attached hydrogens (tertiary/aromatic N) is 2. The fraction of sp³-hybridized carbons (Fsp3) is 0.536. The van der Waals surface area contributed by atoms with Crippen molar-refractivity contribution in [2.45, 2.75) is 46.5 Å². The number of unbranched alkanes of at least 4 members (excludes halogenated alkanes) is 1. The fourth-order valence-electron chi connectivity index (χ4n) is 6.02. The first-order chi connectivity index (χ1) is 18.3. The number of amides is 2. The van der Waals surface area contributed by atoms with Gasteiger partial charge < -0.3 is 24.4 Å². The van der Waals surface area contributed by atoms with Gasteiger partial charge in [-0.3, -0.25) is 14.4 Å². The molecule has 3 saturated heterocycles. The third-order valence-electron chi connectivity index (χ3n) is 7.61. The molecule has 6 atom stereocenters. The number of ether oxygens (including phenoxy) is 2. The molecule has 0 saturated carbocycles. The molecule has 4 rings (SSSR count). The maximum Gasteiger partial charge on any atom is 0.310 e. The van der Waals surface area contributed by atoms with Crippen LogP contribution in [0.4, 0.5) is 5.69 Å². The van der Waals surface area contributed by atoms with Crippen molar-refractivity contribution in [2.75, 3.05) is 38.3 Å². The molecule has 3 heterocycles. The smallest absolute Gasteiger partial charge is 0.310 e. The van der Waals surface area contributed by atoms with E-state index in [4.69, 9.17) is 9.47 Å². The van der Waals surface area contributed by atoms with Crippen LogP contribution in [0.1, 0.15) is 25.7 Å². The number of hydrogen-bond acceptors (Lipinski definition) is 7. The predicted octanol–water partition coefficient (Wildman–Crippen LogP) is 3.57. The molecule has 0 aromatic heterocycles. The highest BCUT2D eigenvalue weighted by Crippen LogP contribution is 2.68. The van der Waals surface area contributed by atoms with Gasteiger partial charge in [-0.1, -0.05) is 28.1 Å². The number of allylic oxidation sites excluding steroid dienone is 1. The van der Waals surface area contributed by atoms with Crippen LogP contribution in [0.3, 0.4) is 0 Å². The number of aliphatic hydroxyl groups excluding tert-OH is 1. The summed E-state index contributed by atoms with van der Waals surface area (Å²) in [6.45, 7) is 8.18. The molecule has 38 heavy (non-hydrogen) atoms. The number of rotatable bonds is 13. The molecule has 1 aromatic carbocycles. The summed E-state index contributed by atoms with van der Waals surface area (Å²) < 4.78 is 10.1. The second kappa shape index (κ2) is 12.3. The van der Waals surface area contributed by atoms with Crippen LogP contribution in [-0.2, 0) is 19.1 Å². The van der Waals surface area contributed by atoms with Crippen molar-refractivity contribution >= 4 is 51.2 Å². The Labute approximate surface area is 236 Å². The molecule has 3 fully saturated rings. The Balaban J connectivity index is 1.70. The highest BCUT2D eigenvalue weighted by Gasteiger charge is 2.76. The zero-order valence-corrected chi connectivity index (χ0v) is 24.0. The van der Waals surface area contributed by atoms with Crippen LogP contribution in [0, 0.1) is 11.8 Å². The number of esters is 1. The average Bonchev–Trinajstić information content (AvgIpc) is 3.51. The number of thioether (sulfide) groups is 1. The van der Waals surface area contributed by atoms with E-state index < -0.39 is 22.6 Å². The van der Waals surface area contributed by atoms with Crippen molar-refractivity contribution in [3.63, 3.8) is 0 Å². The predicted molar refractivity (Wildman–Crippen MR) is 152 cm³/mol. The Kier molecular flexibility index (Phi) is 9.26. The number of carbonyl (C=O) groups excluding carboxylic acids is 3. The zero-order valence-electron chi connectivity index (χ0n) is 21.6. The van der Waals surface area contributed by atoms with Crippen LogP contribution < -0.4 is 9.64 Å². The molecular formula is C28H35BrN2O6S. The Morgan fingerprint density at radius 3 is 2.63 bits per heavy atom. The Morgan fingerprint density at radius 2 is 2.00 bits per heavy atom. The zero-order chi connectivity index (χ0) is 27.4. The number of hydrogen-bond donors (Lipinski definition) is 1. The molecule has 1 aromatic rings. The van der Waals surface area contributed by atoms with Gasteiger partial charge in [0, 0.05) is 35.5 Å². The molecule has 0 aliphatic carbocycles. The van der Waals surface area contributed by atoms with Crippen LogP contribution in [0.2, 0.25) is 0 Å². The summed E-state index contributed by atoms with van der Waals surface area (Å²) in [5.41, 5.74) is 0.663. The van der Waals surface area contributed by atoms with Crippen molar-refractivity contribution in [3.8, 4) is 5.75 Å². The van der Waals surface area contributed by atoms with Gasteiger partial charge in [0.1, 0.15) is 11.8 Å². The minimum absolute atomic E-state index is 0.0378. The van der Waals surface area contributed by atoms with E-state index in [1.165, 1.54) is 0 Å². The van der Waals surface area contributed by atoms with Crippen LogP contribution in [0.15, 0.2) is 49.6 Å². The lowest BCUT2D eigenvalue weighted by Crippen LogP contribution is -2.55. The van der Waals surface area contributed by atoms with Gasteiger partial charge in [0.05, 0.1) is 30.3 Å². The number of anilines is 1. The summed E-state index contributed by atoms with van der Waals surface area (Å²) in [4.78, 5) is 44.9. The summed E-state index contributed by atoms with van der Waals surface area (Å²) >= 11 is 5.33. The summed E-state index contributed by atoms with van der Waals surface area (Å²) in [5.74, 6) is -1.46. The van der Waals surface area contributed by atoms with Crippen molar-refractivity contribution in [2.24, 2.45) is 11.8 Å². The second-order valence-corrected chi connectivity index (χ2v) is 12.5. The summed E-state index contributed by atoms with van der Waals surface area (Å²) in [6, 6.07) is 6.39. The molecule has 1 spiro atoms. The minimum atomic E-state index is -0.790. The van der Waals surface area contributed by atoms with Crippen LogP contribution in [0.5, 0.6) is 5.75 Å². The lowest BCUT2D eigenvalue weighted by atomic mass is 9.71. The number of methoxy groups -OCH3 is 1. The molecular weight excluding hydrogens is 572 g/mol. The Hall–Kier alpha value is -2.30. The van der Waals surface area contributed by atoms with E-state index in [1.807, 2.05) is 0 Å². The van der Waals surface area contributed by atoms with Gasteiger partial charge in [-0.2, -0.15) is 0 Å². The molecule has 3 aliphatic heterocycles. The first kappa shape index (κ1) is 28.7. The molecule has 3 unspecified atom stereocenters. The van der Waals surface area contributed by atoms with E-state index in [2.05, 4.69) is 29.1 Å². The van der Waals surface area contributed by atoms with Crippen molar-refractivity contribution in [1.29, 1.82) is 0 Å². The standard InChI is InChI=1S/C28H35BrN2O6S/c1-4-6-7-16-37-27(35)21-22-25(33)31(14-8-15-32)24(28(22)17-20(29)23(21)38-28)26(34)30(13-5-2)18-9-11-19(36-3)12-10-18/h4-5,9-12,20-24,32H,1-2,6-8,13-17H2,3H3/t20?,21-,22+,23-,24?,28?/m1/s1. The van der Waals surface area contributed by atoms with Crippen molar-refractivity contribution < 1.29 is 29.0 Å². The number of fused-ring (bicyclic) bond motifs is 1. The van der Waals surface area contributed by atoms with Gasteiger partial charge in [0.25, 0.3) is 5.91 Å². The van der Waals surface area contributed by atoms with Gasteiger partial charge in [0.15, 0.2) is 0 Å². The van der Waals surface area contributed by atoms with E-state index in [0.29, 0.717) is 30.7 Å². The number of halogens is 1. The van der Waals surface area contributed by atoms with Crippen LogP contribution in [-0.4, -0.2) is 82.1 Å². The second-order valence-electron chi connectivity index (χ2n) is 9.81. The number of alkyl halides is 1. The first-order valence-corrected chi connectivity index (χ1v) is 14.7. The highest BCUT2D eigenvalue weighted by atomic mass is 79.9. The normalized spacial score (nSPS) is 29.2. The van der Waals surface area contributed by atoms with E-state index >= 15 is 0 Å². The van der Waals surface area contributed by atoms with Gasteiger partial charge in [-0.25, -0.2) is 0 Å². The van der Waals surface area contributed by atoms with Crippen molar-refractivity contribution in [1.82, 2.24) is 4.90 Å². The highest BCUT2D eigenvalue weighted by molar-refractivity contribution is 9.09. The minimum Gasteiger partial charge on any atom is -0.497 e. The van der Waals surface area contributed by atoms with E-state index in [9.17, 15) is 19.5 Å². The SMILES string of the molecule is C=CCCCOC(=O)[C@H]1[C@@H]2SC3(CC2Br)C(C(=O)N(CC=C)c2ccc(OC)cc2)N(CCCO)C(=O)[C@H]13. The third kappa shape index (κ3) is 5.02. The lowest BCUT2D eigenvalue weighted by Gasteiger charge is -2.37. The Bertz CT molecular complexity index is 1070. The third-order valence-corrected chi connectivity index (χ3v) is 10.8. The average molecular weight is 608 g/mol. The molecule has 3 aliphatic rings. The van der Waals surface area contributed by atoms with Gasteiger partial charge >= 0.3 is 5.97 Å². The van der Waals surface area contributed by atoms with E-state index in [0.717, 1.165) is 6.42 Å². The maximum atomic E-state index is 14.4. The number of benzene rings is 1. The van der Waals surface area contributed by atoms with Crippen molar-refractivity contribution in [3.05, 3.63) is 49.6 Å². The molecule has 2 bridgehead atoms. The topological polar surface area (TPSA) is 96.4 Å². The number of carbonyl (C=O) groups is 3. The van der Waals surface area contributed by atoms with Gasteiger partial charge in [-0.15, -0.1) is 24.9 Å². The summed E-state index contributed by atoms with van der Waals surface area (Å²) in [6.07, 6.45) is 5.75. The molecule has 2 amide bonds. The fourth-order valence-corrected chi connectivity index (χ4v) is 9.61. The quantitative estimate of drug-likeness (QED) is 0.159. The van der Waals surface area contributed by atoms with Crippen LogP contribution in [0.25, 0.3) is 0 Å². The van der Waals surface area contributed by atoms with Crippen LogP contribution >= 0.6 is 27.7 Å². The first-order valence-electron chi connectivity index (χ1n) is 12.9. The largest absolute Gasteiger partial charge is 0.497 e. The molecule has 206 valence electrons. The molecule has 10 heteroatoms. The molecule has 1 N–H and O–H groups in total. The molecule has 8 nitrogen and oxygen atoms in total. The van der Waals surface area contributed by atoms with E-state index in [-0.39, 0.29) is 54.2 Å². The number of aliphatic hydroxyl groups is 1. The maximum absolute atomic E-state index is 14.4. The van der Waals surface area contributed by atoms with Gasteiger partial charge in [-0.05, 0) is 49.9 Å². The monoisotopic (exact) mass is 606 g/mol. The van der Waals surface area contributed by atoms with Gasteiger partial charge in [0.2, 0.25) is 5.91 Å². The number of likely N-dealkylation sites (tertiary alicyclic amines) is 1. The van der Waals surface area contributed by atoms with E-state index in [1.54, 1.807) is 65.1 Å². The molecule has 0 radical (unpaired) electrons. The Morgan fingerprint density at radius 1 is 1.26 bits per heavy atom. The summed E-state index contributed by atoms with van der Waals surface area (Å²) in [5, 5.41) is 9.40. The lowest BCUT2D eigenvalue weighted by molar-refractivity contribution is -0.154. The summed E-state index contributed by atoms with van der Waals surface area (Å²) in [7, 11) is 1.58.